The van der Waals surface area contributed by atoms with Gasteiger partial charge in [0, 0.05) is 0 Å². The first-order chi connectivity index (χ1) is 7.88. The van der Waals surface area contributed by atoms with Gasteiger partial charge in [0.25, 0.3) is 0 Å². The Hall–Kier alpha value is -1.04. The second-order valence-electron chi connectivity index (χ2n) is 3.77. The van der Waals surface area contributed by atoms with Crippen molar-refractivity contribution in [3.05, 3.63) is 65.7 Å². The maximum absolute atomic E-state index is 2.27. The van der Waals surface area contributed by atoms with E-state index in [1.165, 1.54) is 20.9 Å². The van der Waals surface area contributed by atoms with Crippen molar-refractivity contribution in [3.8, 4) is 0 Å². The molecule has 0 heterocycles. The topological polar surface area (TPSA) is 0 Å². The van der Waals surface area contributed by atoms with Crippen LogP contribution >= 0.6 is 0 Å². The van der Waals surface area contributed by atoms with Crippen molar-refractivity contribution in [2.24, 2.45) is 0 Å². The number of hydrogen-bond acceptors (Lipinski definition) is 0. The van der Waals surface area contributed by atoms with E-state index in [0.717, 1.165) is 6.42 Å². The minimum absolute atomic E-state index is 0.564. The molecule has 2 aromatic rings. The molecule has 0 N–H and O–H groups in total. The van der Waals surface area contributed by atoms with Crippen molar-refractivity contribution < 1.29 is 0 Å². The zero-order valence-corrected chi connectivity index (χ0v) is 11.2. The molecule has 0 saturated carbocycles. The van der Waals surface area contributed by atoms with Crippen LogP contribution < -0.4 is 4.46 Å². The van der Waals surface area contributed by atoms with Crippen LogP contribution in [0.1, 0.15) is 18.1 Å². The summed E-state index contributed by atoms with van der Waals surface area (Å²) in [4.78, 5) is 0. The fourth-order valence-electron chi connectivity index (χ4n) is 1.55. The molecule has 0 fully saturated rings. The molecule has 0 saturated heterocycles. The van der Waals surface area contributed by atoms with E-state index < -0.39 is 0 Å². The van der Waals surface area contributed by atoms with E-state index in [1.54, 1.807) is 0 Å². The van der Waals surface area contributed by atoms with Crippen LogP contribution in [0.5, 0.6) is 0 Å². The van der Waals surface area contributed by atoms with Gasteiger partial charge in [-0.15, -0.1) is 0 Å². The Labute approximate surface area is 104 Å². The average Bonchev–Trinajstić information content (AvgIpc) is 2.38. The molecular formula is C15H16Se. The third kappa shape index (κ3) is 3.23. The van der Waals surface area contributed by atoms with E-state index in [0.29, 0.717) is 15.0 Å². The van der Waals surface area contributed by atoms with Gasteiger partial charge in [-0.1, -0.05) is 0 Å². The van der Waals surface area contributed by atoms with Gasteiger partial charge in [-0.2, -0.15) is 0 Å². The third-order valence-electron chi connectivity index (χ3n) is 2.58. The first-order valence-electron chi connectivity index (χ1n) is 5.64. The molecule has 0 radical (unpaired) electrons. The predicted molar refractivity (Wildman–Crippen MR) is 71.4 cm³/mol. The Morgan fingerprint density at radius 3 is 2.06 bits per heavy atom. The van der Waals surface area contributed by atoms with Gasteiger partial charge in [0.05, 0.1) is 0 Å². The standard InChI is InChI=1S/C15H16Se/c1-2-13-8-10-14(11-9-13)12-16-15-6-4-3-5-7-15/h3-11H,2,12H2,1H3. The van der Waals surface area contributed by atoms with Crippen molar-refractivity contribution in [1.82, 2.24) is 0 Å². The second-order valence-corrected chi connectivity index (χ2v) is 5.97. The van der Waals surface area contributed by atoms with Gasteiger partial charge in [-0.25, -0.2) is 0 Å². The van der Waals surface area contributed by atoms with Crippen LogP contribution in [0.4, 0.5) is 0 Å². The summed E-state index contributed by atoms with van der Waals surface area (Å²) in [5.41, 5.74) is 2.89. The fraction of sp³-hybridized carbons (Fsp3) is 0.200. The van der Waals surface area contributed by atoms with Gasteiger partial charge < -0.3 is 0 Å². The molecule has 82 valence electrons. The van der Waals surface area contributed by atoms with E-state index >= 15 is 0 Å². The average molecular weight is 275 g/mol. The summed E-state index contributed by atoms with van der Waals surface area (Å²) in [5.74, 6) is 0. The molecule has 2 aromatic carbocycles. The summed E-state index contributed by atoms with van der Waals surface area (Å²) >= 11 is 0.564. The minimum atomic E-state index is 0.564. The molecular weight excluding hydrogens is 259 g/mol. The number of rotatable bonds is 4. The van der Waals surface area contributed by atoms with Gasteiger partial charge in [-0.3, -0.25) is 0 Å². The summed E-state index contributed by atoms with van der Waals surface area (Å²) < 4.78 is 1.48. The summed E-state index contributed by atoms with van der Waals surface area (Å²) in [6, 6.07) is 19.8. The Bertz CT molecular complexity index is 417. The third-order valence-corrected chi connectivity index (χ3v) is 4.85. The maximum atomic E-state index is 2.27. The summed E-state index contributed by atoms with van der Waals surface area (Å²) in [6.45, 7) is 2.20. The zero-order valence-electron chi connectivity index (χ0n) is 9.52. The van der Waals surface area contributed by atoms with Gasteiger partial charge >= 0.3 is 104 Å². The molecule has 0 amide bonds. The molecule has 1 heteroatoms. The number of aryl methyl sites for hydroxylation is 1. The molecule has 0 bridgehead atoms. The van der Waals surface area contributed by atoms with Crippen molar-refractivity contribution >= 4 is 19.4 Å². The van der Waals surface area contributed by atoms with Crippen LogP contribution in [0.3, 0.4) is 0 Å². The quantitative estimate of drug-likeness (QED) is 0.753. The van der Waals surface area contributed by atoms with Crippen molar-refractivity contribution in [1.29, 1.82) is 0 Å². The Morgan fingerprint density at radius 2 is 1.44 bits per heavy atom. The number of benzene rings is 2. The van der Waals surface area contributed by atoms with Gasteiger partial charge in [-0.05, 0) is 0 Å². The normalized spacial score (nSPS) is 10.3. The van der Waals surface area contributed by atoms with Crippen LogP contribution in [0.25, 0.3) is 0 Å². The van der Waals surface area contributed by atoms with E-state index in [2.05, 4.69) is 61.5 Å². The molecule has 0 nitrogen and oxygen atoms in total. The van der Waals surface area contributed by atoms with Crippen LogP contribution in [-0.4, -0.2) is 15.0 Å². The van der Waals surface area contributed by atoms with Gasteiger partial charge in [0.2, 0.25) is 0 Å². The molecule has 2 rings (SSSR count). The van der Waals surface area contributed by atoms with Crippen LogP contribution in [-0.2, 0) is 11.7 Å². The van der Waals surface area contributed by atoms with Gasteiger partial charge in [0.1, 0.15) is 0 Å². The summed E-state index contributed by atoms with van der Waals surface area (Å²) in [6.07, 6.45) is 1.13. The van der Waals surface area contributed by atoms with Crippen molar-refractivity contribution in [3.63, 3.8) is 0 Å². The predicted octanol–water partition coefficient (Wildman–Crippen LogP) is 2.78. The first kappa shape index (κ1) is 11.4. The Morgan fingerprint density at radius 1 is 0.812 bits per heavy atom. The molecule has 0 spiro atoms. The van der Waals surface area contributed by atoms with Crippen molar-refractivity contribution in [2.75, 3.05) is 0 Å². The zero-order chi connectivity index (χ0) is 11.2. The van der Waals surface area contributed by atoms with E-state index in [4.69, 9.17) is 0 Å². The monoisotopic (exact) mass is 276 g/mol. The summed E-state index contributed by atoms with van der Waals surface area (Å²) in [5, 5.41) is 1.20. The molecule has 0 unspecified atom stereocenters. The number of hydrogen-bond donors (Lipinski definition) is 0. The molecule has 0 aliphatic heterocycles. The SMILES string of the molecule is CCc1ccc(C[Se]c2ccccc2)cc1. The van der Waals surface area contributed by atoms with Crippen LogP contribution in [0.15, 0.2) is 54.6 Å². The molecule has 0 aromatic heterocycles. The van der Waals surface area contributed by atoms with Crippen molar-refractivity contribution in [2.45, 2.75) is 18.7 Å². The van der Waals surface area contributed by atoms with Gasteiger partial charge in [0.15, 0.2) is 0 Å². The van der Waals surface area contributed by atoms with E-state index in [-0.39, 0.29) is 0 Å². The fourth-order valence-corrected chi connectivity index (χ4v) is 3.39. The first-order valence-corrected chi connectivity index (χ1v) is 7.71. The Balaban J connectivity index is 1.94. The molecule has 0 atom stereocenters. The van der Waals surface area contributed by atoms with E-state index in [9.17, 15) is 0 Å². The molecule has 0 aliphatic carbocycles. The molecule has 0 aliphatic rings. The Kier molecular flexibility index (Phi) is 4.21. The van der Waals surface area contributed by atoms with Crippen LogP contribution in [0, 0.1) is 0 Å². The van der Waals surface area contributed by atoms with Crippen LogP contribution in [0.2, 0.25) is 0 Å². The molecule has 16 heavy (non-hydrogen) atoms. The second kappa shape index (κ2) is 5.88. The summed E-state index contributed by atoms with van der Waals surface area (Å²) in [7, 11) is 0. The van der Waals surface area contributed by atoms with E-state index in [1.807, 2.05) is 0 Å².